The summed E-state index contributed by atoms with van der Waals surface area (Å²) in [6, 6.07) is 9.73. The number of hydrogen-bond acceptors (Lipinski definition) is 3. The highest BCUT2D eigenvalue weighted by Crippen LogP contribution is 2.04. The van der Waals surface area contributed by atoms with Crippen LogP contribution in [-0.4, -0.2) is 12.6 Å². The van der Waals surface area contributed by atoms with Crippen LogP contribution in [0.4, 0.5) is 5.69 Å². The molecule has 0 aromatic heterocycles. The molecule has 3 heteroatoms. The number of benzene rings is 1. The van der Waals surface area contributed by atoms with Crippen LogP contribution in [0.3, 0.4) is 0 Å². The van der Waals surface area contributed by atoms with Gasteiger partial charge >= 0.3 is 5.97 Å². The van der Waals surface area contributed by atoms with Gasteiger partial charge in [0.05, 0.1) is 0 Å². The lowest BCUT2D eigenvalue weighted by Gasteiger charge is -2.01. The van der Waals surface area contributed by atoms with Gasteiger partial charge in [-0.3, -0.25) is 0 Å². The van der Waals surface area contributed by atoms with Crippen molar-refractivity contribution in [2.75, 3.05) is 11.9 Å². The number of para-hydroxylation sites is 1. The molecule has 0 fully saturated rings. The maximum atomic E-state index is 11.0. The minimum absolute atomic E-state index is 0.242. The molecule has 0 aliphatic carbocycles. The van der Waals surface area contributed by atoms with E-state index in [1.807, 2.05) is 30.3 Å². The Morgan fingerprint density at radius 1 is 1.44 bits per heavy atom. The molecular weight excluding hydrogens is 202 g/mol. The molecule has 0 aliphatic heterocycles. The van der Waals surface area contributed by atoms with E-state index in [4.69, 9.17) is 4.74 Å². The molecule has 0 unspecified atom stereocenters. The lowest BCUT2D eigenvalue weighted by Crippen LogP contribution is -2.04. The number of nitrogens with one attached hydrogen (secondary N) is 1. The highest BCUT2D eigenvalue weighted by molar-refractivity contribution is 5.86. The molecule has 16 heavy (non-hydrogen) atoms. The summed E-state index contributed by atoms with van der Waals surface area (Å²) >= 11 is 0. The Morgan fingerprint density at radius 2 is 2.12 bits per heavy atom. The van der Waals surface area contributed by atoms with Crippen molar-refractivity contribution in [1.29, 1.82) is 0 Å². The highest BCUT2D eigenvalue weighted by Gasteiger charge is 1.99. The van der Waals surface area contributed by atoms with E-state index in [0.717, 1.165) is 5.69 Å². The average molecular weight is 217 g/mol. The summed E-state index contributed by atoms with van der Waals surface area (Å²) in [6.07, 6.45) is 3.47. The maximum Gasteiger partial charge on any atom is 0.333 e. The standard InChI is InChI=1S/C13H15NO2/c1-11(2)13(15)16-10-6-9-14-12-7-4-3-5-8-12/h3-9,14H,1,10H2,2H3. The molecule has 84 valence electrons. The van der Waals surface area contributed by atoms with E-state index in [9.17, 15) is 4.79 Å². The summed E-state index contributed by atoms with van der Waals surface area (Å²) in [5.74, 6) is -0.371. The first kappa shape index (κ1) is 12.0. The van der Waals surface area contributed by atoms with Gasteiger partial charge < -0.3 is 10.1 Å². The Kier molecular flexibility index (Phi) is 4.86. The van der Waals surface area contributed by atoms with Crippen molar-refractivity contribution < 1.29 is 9.53 Å². The first-order valence-corrected chi connectivity index (χ1v) is 4.99. The van der Waals surface area contributed by atoms with E-state index < -0.39 is 0 Å². The van der Waals surface area contributed by atoms with Crippen molar-refractivity contribution in [2.45, 2.75) is 6.92 Å². The second kappa shape index (κ2) is 6.45. The predicted octanol–water partition coefficient (Wildman–Crippen LogP) is 2.73. The minimum atomic E-state index is -0.371. The zero-order chi connectivity index (χ0) is 11.8. The third-order valence-electron chi connectivity index (χ3n) is 1.80. The van der Waals surface area contributed by atoms with Gasteiger partial charge in [0.1, 0.15) is 6.61 Å². The van der Waals surface area contributed by atoms with Crippen molar-refractivity contribution in [3.8, 4) is 0 Å². The third kappa shape index (κ3) is 4.46. The fraction of sp³-hybridized carbons (Fsp3) is 0.154. The number of carbonyl (C=O) groups excluding carboxylic acids is 1. The highest BCUT2D eigenvalue weighted by atomic mass is 16.5. The third-order valence-corrected chi connectivity index (χ3v) is 1.80. The minimum Gasteiger partial charge on any atom is -0.458 e. The smallest absolute Gasteiger partial charge is 0.333 e. The van der Waals surface area contributed by atoms with E-state index in [2.05, 4.69) is 11.9 Å². The van der Waals surface area contributed by atoms with Crippen LogP contribution in [0, 0.1) is 0 Å². The van der Waals surface area contributed by atoms with Crippen LogP contribution in [0.5, 0.6) is 0 Å². The zero-order valence-electron chi connectivity index (χ0n) is 9.27. The lowest BCUT2D eigenvalue weighted by atomic mass is 10.3. The SMILES string of the molecule is C=C(C)C(=O)OCC=CNc1ccccc1. The second-order valence-corrected chi connectivity index (χ2v) is 3.29. The molecule has 0 heterocycles. The number of ether oxygens (including phenoxy) is 1. The summed E-state index contributed by atoms with van der Waals surface area (Å²) in [4.78, 5) is 11.0. The quantitative estimate of drug-likeness (QED) is 0.608. The largest absolute Gasteiger partial charge is 0.458 e. The fourth-order valence-electron chi connectivity index (χ4n) is 0.985. The van der Waals surface area contributed by atoms with E-state index >= 15 is 0 Å². The number of anilines is 1. The van der Waals surface area contributed by atoms with Gasteiger partial charge in [-0.05, 0) is 25.1 Å². The van der Waals surface area contributed by atoms with Crippen LogP contribution < -0.4 is 5.32 Å². The molecular formula is C13H15NO2. The molecule has 0 spiro atoms. The second-order valence-electron chi connectivity index (χ2n) is 3.29. The van der Waals surface area contributed by atoms with Crippen molar-refractivity contribution in [3.05, 3.63) is 54.8 Å². The summed E-state index contributed by atoms with van der Waals surface area (Å²) in [7, 11) is 0. The monoisotopic (exact) mass is 217 g/mol. The summed E-state index contributed by atoms with van der Waals surface area (Å²) < 4.78 is 4.88. The topological polar surface area (TPSA) is 38.3 Å². The Balaban J connectivity index is 2.24. The van der Waals surface area contributed by atoms with Gasteiger partial charge in [-0.1, -0.05) is 24.8 Å². The van der Waals surface area contributed by atoms with Crippen LogP contribution in [0.1, 0.15) is 6.92 Å². The van der Waals surface area contributed by atoms with Crippen LogP contribution in [0.2, 0.25) is 0 Å². The molecule has 0 aliphatic rings. The normalized spacial score (nSPS) is 10.1. The molecule has 1 aromatic carbocycles. The van der Waals surface area contributed by atoms with Gasteiger partial charge in [-0.25, -0.2) is 4.79 Å². The Hall–Kier alpha value is -2.03. The van der Waals surface area contributed by atoms with Gasteiger partial charge in [0.15, 0.2) is 0 Å². The molecule has 0 saturated carbocycles. The van der Waals surface area contributed by atoms with E-state index in [1.165, 1.54) is 0 Å². The summed E-state index contributed by atoms with van der Waals surface area (Å²) in [5.41, 5.74) is 1.40. The predicted molar refractivity (Wildman–Crippen MR) is 65.0 cm³/mol. The van der Waals surface area contributed by atoms with Gasteiger partial charge in [-0.15, -0.1) is 0 Å². The molecule has 1 aromatic rings. The van der Waals surface area contributed by atoms with Gasteiger partial charge in [0.2, 0.25) is 0 Å². The average Bonchev–Trinajstić information content (AvgIpc) is 2.29. The van der Waals surface area contributed by atoms with Crippen molar-refractivity contribution in [1.82, 2.24) is 0 Å². The lowest BCUT2D eigenvalue weighted by molar-refractivity contribution is -0.137. The van der Waals surface area contributed by atoms with Gasteiger partial charge in [0.25, 0.3) is 0 Å². The first-order chi connectivity index (χ1) is 7.70. The summed E-state index contributed by atoms with van der Waals surface area (Å²) in [6.45, 7) is 5.35. The Bertz CT molecular complexity index is 382. The molecule has 0 radical (unpaired) electrons. The van der Waals surface area contributed by atoms with Crippen LogP contribution in [0.15, 0.2) is 54.8 Å². The molecule has 0 atom stereocenters. The van der Waals surface area contributed by atoms with Crippen molar-refractivity contribution in [3.63, 3.8) is 0 Å². The van der Waals surface area contributed by atoms with Crippen LogP contribution >= 0.6 is 0 Å². The maximum absolute atomic E-state index is 11.0. The van der Waals surface area contributed by atoms with Gasteiger partial charge in [-0.2, -0.15) is 0 Å². The van der Waals surface area contributed by atoms with E-state index in [0.29, 0.717) is 5.57 Å². The fourth-order valence-corrected chi connectivity index (χ4v) is 0.985. The molecule has 0 bridgehead atoms. The van der Waals surface area contributed by atoms with E-state index in [-0.39, 0.29) is 12.6 Å². The van der Waals surface area contributed by atoms with Gasteiger partial charge in [0, 0.05) is 17.5 Å². The number of esters is 1. The van der Waals surface area contributed by atoms with Crippen LogP contribution in [-0.2, 0) is 9.53 Å². The summed E-state index contributed by atoms with van der Waals surface area (Å²) in [5, 5.41) is 3.05. The number of hydrogen-bond donors (Lipinski definition) is 1. The van der Waals surface area contributed by atoms with E-state index in [1.54, 1.807) is 19.2 Å². The molecule has 3 nitrogen and oxygen atoms in total. The zero-order valence-corrected chi connectivity index (χ0v) is 9.27. The molecule has 1 rings (SSSR count). The molecule has 0 amide bonds. The van der Waals surface area contributed by atoms with Crippen molar-refractivity contribution in [2.24, 2.45) is 0 Å². The first-order valence-electron chi connectivity index (χ1n) is 4.99. The van der Waals surface area contributed by atoms with Crippen molar-refractivity contribution >= 4 is 11.7 Å². The molecule has 0 saturated heterocycles. The molecule has 1 N–H and O–H groups in total. The Labute approximate surface area is 95.4 Å². The Morgan fingerprint density at radius 3 is 2.75 bits per heavy atom. The number of carbonyl (C=O) groups is 1. The number of rotatable bonds is 5. The van der Waals surface area contributed by atoms with Crippen LogP contribution in [0.25, 0.3) is 0 Å².